The number of anilines is 1. The number of para-hydroxylation sites is 1. The van der Waals surface area contributed by atoms with Gasteiger partial charge >= 0.3 is 5.97 Å². The largest absolute Gasteiger partial charge is 0.481 e. The zero-order valence-electron chi connectivity index (χ0n) is 11.6. The number of hydrogen-bond acceptors (Lipinski definition) is 3. The van der Waals surface area contributed by atoms with Crippen LogP contribution in [0.15, 0.2) is 34.9 Å². The van der Waals surface area contributed by atoms with Gasteiger partial charge in [0.1, 0.15) is 0 Å². The third-order valence-corrected chi connectivity index (χ3v) is 4.49. The Labute approximate surface area is 131 Å². The molecule has 0 amide bonds. The highest BCUT2D eigenvalue weighted by Crippen LogP contribution is 2.30. The Balaban J connectivity index is 1.83. The molecule has 1 aromatic heterocycles. The van der Waals surface area contributed by atoms with Crippen molar-refractivity contribution in [1.82, 2.24) is 4.98 Å². The molecule has 0 bridgehead atoms. The molecular formula is C16H17BrN2O2. The third kappa shape index (κ3) is 3.18. The van der Waals surface area contributed by atoms with Crippen LogP contribution >= 0.6 is 15.9 Å². The number of halogens is 1. The Morgan fingerprint density at radius 3 is 3.05 bits per heavy atom. The van der Waals surface area contributed by atoms with E-state index < -0.39 is 5.97 Å². The van der Waals surface area contributed by atoms with Gasteiger partial charge in [-0.25, -0.2) is 0 Å². The smallest absolute Gasteiger partial charge is 0.306 e. The van der Waals surface area contributed by atoms with Gasteiger partial charge in [0, 0.05) is 22.1 Å². The van der Waals surface area contributed by atoms with Gasteiger partial charge in [0.2, 0.25) is 0 Å². The van der Waals surface area contributed by atoms with E-state index in [1.165, 1.54) is 0 Å². The maximum atomic E-state index is 11.2. The highest BCUT2D eigenvalue weighted by molar-refractivity contribution is 9.10. The molecule has 5 heteroatoms. The predicted octanol–water partition coefficient (Wildman–Crippen LogP) is 4.05. The summed E-state index contributed by atoms with van der Waals surface area (Å²) >= 11 is 3.43. The lowest BCUT2D eigenvalue weighted by Crippen LogP contribution is -2.31. The fraction of sp³-hybridized carbons (Fsp3) is 0.375. The first kappa shape index (κ1) is 14.3. The van der Waals surface area contributed by atoms with Crippen LogP contribution in [0.4, 0.5) is 5.69 Å². The van der Waals surface area contributed by atoms with E-state index in [1.54, 1.807) is 6.20 Å². The average molecular weight is 349 g/mol. The molecule has 4 nitrogen and oxygen atoms in total. The fourth-order valence-corrected chi connectivity index (χ4v) is 3.36. The monoisotopic (exact) mass is 348 g/mol. The highest BCUT2D eigenvalue weighted by Gasteiger charge is 2.27. The summed E-state index contributed by atoms with van der Waals surface area (Å²) in [6.07, 6.45) is 5.22. The highest BCUT2D eigenvalue weighted by atomic mass is 79.9. The summed E-state index contributed by atoms with van der Waals surface area (Å²) in [6.45, 7) is 0. The summed E-state index contributed by atoms with van der Waals surface area (Å²) in [5.41, 5.74) is 1.91. The molecule has 2 aromatic rings. The van der Waals surface area contributed by atoms with Crippen molar-refractivity contribution in [2.24, 2.45) is 5.92 Å². The Hall–Kier alpha value is -1.62. The number of carboxylic acids is 1. The second kappa shape index (κ2) is 6.02. The lowest BCUT2D eigenvalue weighted by molar-refractivity contribution is -0.142. The van der Waals surface area contributed by atoms with E-state index >= 15 is 0 Å². The number of aliphatic carboxylic acids is 1. The van der Waals surface area contributed by atoms with Crippen molar-refractivity contribution in [1.29, 1.82) is 0 Å². The maximum absolute atomic E-state index is 11.2. The van der Waals surface area contributed by atoms with E-state index in [9.17, 15) is 9.90 Å². The second-order valence-electron chi connectivity index (χ2n) is 5.57. The van der Waals surface area contributed by atoms with Gasteiger partial charge in [-0.3, -0.25) is 9.78 Å². The third-order valence-electron chi connectivity index (χ3n) is 4.06. The SMILES string of the molecule is O=C(O)C1CCCC(Nc2cccc3cc(Br)cnc23)C1. The Kier molecular flexibility index (Phi) is 4.10. The lowest BCUT2D eigenvalue weighted by Gasteiger charge is -2.28. The van der Waals surface area contributed by atoms with E-state index in [0.29, 0.717) is 6.42 Å². The number of aromatic nitrogens is 1. The number of benzene rings is 1. The number of pyridine rings is 1. The molecule has 0 aliphatic heterocycles. The molecule has 2 unspecified atom stereocenters. The molecule has 0 saturated heterocycles. The summed E-state index contributed by atoms with van der Waals surface area (Å²) in [5.74, 6) is -0.908. The molecule has 1 heterocycles. The van der Waals surface area contributed by atoms with Crippen molar-refractivity contribution in [2.75, 3.05) is 5.32 Å². The van der Waals surface area contributed by atoms with Crippen LogP contribution in [0.1, 0.15) is 25.7 Å². The van der Waals surface area contributed by atoms with Crippen molar-refractivity contribution >= 4 is 38.5 Å². The predicted molar refractivity (Wildman–Crippen MR) is 86.4 cm³/mol. The zero-order chi connectivity index (χ0) is 14.8. The van der Waals surface area contributed by atoms with Gasteiger partial charge < -0.3 is 10.4 Å². The van der Waals surface area contributed by atoms with Crippen LogP contribution in [0, 0.1) is 5.92 Å². The molecule has 0 spiro atoms. The van der Waals surface area contributed by atoms with Crippen molar-refractivity contribution < 1.29 is 9.90 Å². The minimum absolute atomic E-state index is 0.205. The van der Waals surface area contributed by atoms with E-state index in [-0.39, 0.29) is 12.0 Å². The molecule has 1 aliphatic carbocycles. The van der Waals surface area contributed by atoms with Crippen molar-refractivity contribution in [2.45, 2.75) is 31.7 Å². The zero-order valence-corrected chi connectivity index (χ0v) is 13.1. The van der Waals surface area contributed by atoms with Gasteiger partial charge in [0.25, 0.3) is 0 Å². The second-order valence-corrected chi connectivity index (χ2v) is 6.49. The van der Waals surface area contributed by atoms with Crippen LogP contribution < -0.4 is 5.32 Å². The molecule has 3 rings (SSSR count). The molecule has 110 valence electrons. The van der Waals surface area contributed by atoms with Crippen molar-refractivity contribution in [3.05, 3.63) is 34.9 Å². The minimum Gasteiger partial charge on any atom is -0.481 e. The number of rotatable bonds is 3. The number of carbonyl (C=O) groups is 1. The van der Waals surface area contributed by atoms with Gasteiger partial charge in [-0.15, -0.1) is 0 Å². The maximum Gasteiger partial charge on any atom is 0.306 e. The first-order chi connectivity index (χ1) is 10.1. The molecule has 1 aromatic carbocycles. The number of nitrogens with one attached hydrogen (secondary N) is 1. The topological polar surface area (TPSA) is 62.2 Å². The first-order valence-corrected chi connectivity index (χ1v) is 7.96. The van der Waals surface area contributed by atoms with Gasteiger partial charge in [0.15, 0.2) is 0 Å². The van der Waals surface area contributed by atoms with E-state index in [0.717, 1.165) is 40.3 Å². The van der Waals surface area contributed by atoms with Crippen molar-refractivity contribution in [3.63, 3.8) is 0 Å². The number of hydrogen-bond donors (Lipinski definition) is 2. The Morgan fingerprint density at radius 2 is 2.24 bits per heavy atom. The summed E-state index contributed by atoms with van der Waals surface area (Å²) in [4.78, 5) is 15.6. The average Bonchev–Trinajstić information content (AvgIpc) is 2.47. The van der Waals surface area contributed by atoms with Gasteiger partial charge in [0.05, 0.1) is 17.1 Å². The van der Waals surface area contributed by atoms with E-state index in [1.807, 2.05) is 24.3 Å². The summed E-state index contributed by atoms with van der Waals surface area (Å²) in [6, 6.07) is 8.27. The number of nitrogens with zero attached hydrogens (tertiary/aromatic N) is 1. The molecule has 1 fully saturated rings. The first-order valence-electron chi connectivity index (χ1n) is 7.17. The van der Waals surface area contributed by atoms with Crippen LogP contribution in [0.5, 0.6) is 0 Å². The van der Waals surface area contributed by atoms with E-state index in [2.05, 4.69) is 26.2 Å². The molecule has 21 heavy (non-hydrogen) atoms. The quantitative estimate of drug-likeness (QED) is 0.878. The van der Waals surface area contributed by atoms with Gasteiger partial charge in [-0.1, -0.05) is 18.6 Å². The van der Waals surface area contributed by atoms with Crippen LogP contribution in [0.25, 0.3) is 10.9 Å². The van der Waals surface area contributed by atoms with E-state index in [4.69, 9.17) is 0 Å². The van der Waals surface area contributed by atoms with Crippen LogP contribution in [-0.4, -0.2) is 22.1 Å². The molecule has 1 saturated carbocycles. The number of carboxylic acid groups (broad SMARTS) is 1. The standard InChI is InChI=1S/C16H17BrN2O2/c17-12-7-10-3-2-6-14(15(10)18-9-12)19-13-5-1-4-11(8-13)16(20)21/h2-3,6-7,9,11,13,19H,1,4-5,8H2,(H,20,21). The summed E-state index contributed by atoms with van der Waals surface area (Å²) in [5, 5.41) is 13.7. The Morgan fingerprint density at radius 1 is 1.38 bits per heavy atom. The van der Waals surface area contributed by atoms with Crippen LogP contribution in [0.2, 0.25) is 0 Å². The van der Waals surface area contributed by atoms with Gasteiger partial charge in [-0.2, -0.15) is 0 Å². The Bertz CT molecular complexity index is 674. The molecule has 2 N–H and O–H groups in total. The number of fused-ring (bicyclic) bond motifs is 1. The van der Waals surface area contributed by atoms with Crippen molar-refractivity contribution in [3.8, 4) is 0 Å². The van der Waals surface area contributed by atoms with Gasteiger partial charge in [-0.05, 0) is 47.3 Å². The van der Waals surface area contributed by atoms with Crippen LogP contribution in [-0.2, 0) is 4.79 Å². The molecule has 2 atom stereocenters. The van der Waals surface area contributed by atoms with Crippen LogP contribution in [0.3, 0.4) is 0 Å². The molecular weight excluding hydrogens is 332 g/mol. The fourth-order valence-electron chi connectivity index (χ4n) is 3.02. The lowest BCUT2D eigenvalue weighted by atomic mass is 9.85. The minimum atomic E-state index is -0.679. The molecule has 0 radical (unpaired) electrons. The summed E-state index contributed by atoms with van der Waals surface area (Å²) < 4.78 is 0.954. The normalized spacial score (nSPS) is 22.1. The summed E-state index contributed by atoms with van der Waals surface area (Å²) in [7, 11) is 0. The molecule has 1 aliphatic rings.